The van der Waals surface area contributed by atoms with Crippen molar-refractivity contribution in [2.45, 2.75) is 0 Å². The molecule has 0 saturated carbocycles. The van der Waals surface area contributed by atoms with Crippen LogP contribution in [0.1, 0.15) is 19.5 Å². The Hall–Kier alpha value is -8.96. The van der Waals surface area contributed by atoms with Gasteiger partial charge in [-0.25, -0.2) is 0 Å². The zero-order valence-corrected chi connectivity index (χ0v) is 35.5. The third kappa shape index (κ3) is 7.92. The minimum absolute atomic E-state index is 0.0749. The third-order valence-corrected chi connectivity index (χ3v) is 15.9. The van der Waals surface area contributed by atoms with Crippen LogP contribution in [0.25, 0.3) is 72.4 Å². The zero-order valence-electron chi connectivity index (χ0n) is 30.6. The highest BCUT2D eigenvalue weighted by Gasteiger charge is 2.26. The molecule has 282 valence electrons. The van der Waals surface area contributed by atoms with Gasteiger partial charge in [-0.2, -0.15) is 63.1 Å². The van der Waals surface area contributed by atoms with E-state index in [4.69, 9.17) is 0 Å². The minimum atomic E-state index is -0.351. The lowest BCUT2D eigenvalue weighted by Crippen LogP contribution is -1.82. The van der Waals surface area contributed by atoms with Crippen molar-refractivity contribution in [2.24, 2.45) is 0 Å². The smallest absolute Gasteiger partial charge is 0.148 e. The highest BCUT2D eigenvalue weighted by atomic mass is 32.1. The van der Waals surface area contributed by atoms with Crippen LogP contribution in [-0.2, 0) is 0 Å². The SMILES string of the molecule is N#CC(C#N)=C(C#N)c1ccc(-c2cc(-c3cc(-c4ccc(C(C#N)=C(C#N)C#N)s4)sc3-c3ccc(C(C#N)=C(C#N)C#N)s3)c(-c3ccc(C(C#N)=C(C#N)C#N)s3)s2)s1. The monoisotopic (exact) mass is 898 g/mol. The molecule has 18 heteroatoms. The van der Waals surface area contributed by atoms with Gasteiger partial charge in [-0.05, 0) is 60.7 Å². The molecule has 0 aromatic carbocycles. The number of hydrogen-bond donors (Lipinski definition) is 0. The van der Waals surface area contributed by atoms with E-state index in [-0.39, 0.29) is 44.6 Å². The van der Waals surface area contributed by atoms with Crippen molar-refractivity contribution in [3.63, 3.8) is 0 Å². The molecule has 6 aromatic rings. The zero-order chi connectivity index (χ0) is 44.5. The van der Waals surface area contributed by atoms with E-state index >= 15 is 0 Å². The van der Waals surface area contributed by atoms with Gasteiger partial charge in [0.15, 0.2) is 0 Å². The van der Waals surface area contributed by atoms with Crippen molar-refractivity contribution in [2.75, 3.05) is 0 Å². The van der Waals surface area contributed by atoms with E-state index < -0.39 is 0 Å². The summed E-state index contributed by atoms with van der Waals surface area (Å²) in [6, 6.07) is 39.5. The Labute approximate surface area is 376 Å². The van der Waals surface area contributed by atoms with Crippen molar-refractivity contribution in [3.05, 3.63) is 102 Å². The molecule has 0 N–H and O–H groups in total. The molecule has 0 atom stereocenters. The predicted octanol–water partition coefficient (Wildman–Crippen LogP) is 11.7. The molecule has 6 heterocycles. The Morgan fingerprint density at radius 1 is 0.274 bits per heavy atom. The van der Waals surface area contributed by atoms with Crippen molar-refractivity contribution in [1.29, 1.82) is 63.1 Å². The predicted molar refractivity (Wildman–Crippen MR) is 236 cm³/mol. The topological polar surface area (TPSA) is 285 Å². The number of thiophene rings is 6. The lowest BCUT2D eigenvalue weighted by molar-refractivity contribution is 1.46. The van der Waals surface area contributed by atoms with Crippen LogP contribution in [0.5, 0.6) is 0 Å². The van der Waals surface area contributed by atoms with E-state index in [0.29, 0.717) is 59.9 Å². The summed E-state index contributed by atoms with van der Waals surface area (Å²) in [7, 11) is 0. The first-order chi connectivity index (χ1) is 30.2. The second-order valence-corrected chi connectivity index (χ2v) is 18.1. The van der Waals surface area contributed by atoms with Crippen LogP contribution < -0.4 is 0 Å². The summed E-state index contributed by atoms with van der Waals surface area (Å²) in [5.74, 6) is 0. The molecule has 0 fully saturated rings. The Morgan fingerprint density at radius 3 is 0.758 bits per heavy atom. The highest BCUT2D eigenvalue weighted by Crippen LogP contribution is 2.54. The summed E-state index contributed by atoms with van der Waals surface area (Å²) >= 11 is 7.49. The molecule has 0 spiro atoms. The van der Waals surface area contributed by atoms with Crippen molar-refractivity contribution >= 4 is 90.3 Å². The largest absolute Gasteiger partial charge is 0.192 e. The molecule has 0 radical (unpaired) electrons. The summed E-state index contributed by atoms with van der Waals surface area (Å²) in [5.41, 5.74) is -0.337. The van der Waals surface area contributed by atoms with E-state index in [2.05, 4.69) is 0 Å². The van der Waals surface area contributed by atoms with Crippen LogP contribution in [0.4, 0.5) is 0 Å². The van der Waals surface area contributed by atoms with Crippen molar-refractivity contribution in [3.8, 4) is 123 Å². The summed E-state index contributed by atoms with van der Waals surface area (Å²) in [4.78, 5) is 7.10. The van der Waals surface area contributed by atoms with E-state index in [1.165, 1.54) is 68.0 Å². The molecule has 0 bridgehead atoms. The number of rotatable bonds is 9. The molecular formula is C44H10N12S6. The fraction of sp³-hybridized carbons (Fsp3) is 0. The van der Waals surface area contributed by atoms with Gasteiger partial charge in [0, 0.05) is 59.9 Å². The Bertz CT molecular complexity index is 3270. The van der Waals surface area contributed by atoms with Gasteiger partial charge in [-0.15, -0.1) is 68.0 Å². The maximum atomic E-state index is 9.95. The maximum absolute atomic E-state index is 9.95. The maximum Gasteiger partial charge on any atom is 0.148 e. The third-order valence-electron chi connectivity index (χ3n) is 8.44. The van der Waals surface area contributed by atoms with Crippen molar-refractivity contribution < 1.29 is 0 Å². The van der Waals surface area contributed by atoms with Gasteiger partial charge in [0.05, 0.1) is 32.0 Å². The van der Waals surface area contributed by atoms with Crippen molar-refractivity contribution in [1.82, 2.24) is 0 Å². The first-order valence-electron chi connectivity index (χ1n) is 16.7. The fourth-order valence-electron chi connectivity index (χ4n) is 5.67. The standard InChI is InChI=1S/C44H10N12S6/c45-11-23(12-46)29(19-53)33-1-5-37(57-33)41-9-27(43(61-41)39-7-3-35(59-39)31(21-55)25(15-49)16-50)28-10-42(38-6-2-34(58-38)30(20-54)24(13-47)14-48)62-44(28)40-8-4-36(60-40)32(22-56)26(17-51)18-52/h1-10H. The van der Waals surface area contributed by atoms with E-state index in [1.807, 2.05) is 36.4 Å². The first kappa shape index (κ1) is 42.6. The highest BCUT2D eigenvalue weighted by molar-refractivity contribution is 7.28. The Balaban J connectivity index is 1.66. The van der Waals surface area contributed by atoms with Gasteiger partial charge in [-0.3, -0.25) is 0 Å². The van der Waals surface area contributed by atoms with Crippen LogP contribution >= 0.6 is 68.0 Å². The van der Waals surface area contributed by atoms with Gasteiger partial charge in [-0.1, -0.05) is 0 Å². The molecule has 0 aliphatic carbocycles. The van der Waals surface area contributed by atoms with Crippen LogP contribution in [-0.4, -0.2) is 0 Å². The summed E-state index contributed by atoms with van der Waals surface area (Å²) in [5, 5.41) is 116. The lowest BCUT2D eigenvalue weighted by atomic mass is 10.0. The molecule has 6 aromatic heterocycles. The molecule has 0 aliphatic rings. The van der Waals surface area contributed by atoms with E-state index in [9.17, 15) is 63.1 Å². The van der Waals surface area contributed by atoms with Crippen LogP contribution in [0.2, 0.25) is 0 Å². The molecule has 0 saturated heterocycles. The average molecular weight is 899 g/mol. The average Bonchev–Trinajstić information content (AvgIpc) is 4.15. The molecule has 12 nitrogen and oxygen atoms in total. The van der Waals surface area contributed by atoms with Gasteiger partial charge in [0.2, 0.25) is 0 Å². The molecule has 0 unspecified atom stereocenters. The van der Waals surface area contributed by atoms with E-state index in [1.54, 1.807) is 97.1 Å². The molecule has 6 rings (SSSR count). The number of nitrogens with zero attached hydrogens (tertiary/aromatic N) is 12. The lowest BCUT2D eigenvalue weighted by Gasteiger charge is -2.04. The first-order valence-corrected chi connectivity index (χ1v) is 21.6. The molecule has 0 aliphatic heterocycles. The van der Waals surface area contributed by atoms with Crippen LogP contribution in [0, 0.1) is 136 Å². The second kappa shape index (κ2) is 18.7. The quantitative estimate of drug-likeness (QED) is 0.122. The van der Waals surface area contributed by atoms with Crippen LogP contribution in [0.15, 0.2) is 83.0 Å². The van der Waals surface area contributed by atoms with Gasteiger partial charge in [0.25, 0.3) is 0 Å². The van der Waals surface area contributed by atoms with Gasteiger partial charge >= 0.3 is 0 Å². The molecule has 62 heavy (non-hydrogen) atoms. The summed E-state index contributed by atoms with van der Waals surface area (Å²) < 4.78 is 0. The van der Waals surface area contributed by atoms with Gasteiger partial charge < -0.3 is 0 Å². The second-order valence-electron chi connectivity index (χ2n) is 11.7. The number of allylic oxidation sites excluding steroid dienone is 8. The Morgan fingerprint density at radius 2 is 0.516 bits per heavy atom. The number of hydrogen-bond acceptors (Lipinski definition) is 18. The summed E-state index contributed by atoms with van der Waals surface area (Å²) in [6.07, 6.45) is 0. The van der Waals surface area contributed by atoms with Gasteiger partial charge in [0.1, 0.15) is 95.1 Å². The molecule has 0 amide bonds. The van der Waals surface area contributed by atoms with Crippen LogP contribution in [0.3, 0.4) is 0 Å². The number of nitriles is 12. The normalized spacial score (nSPS) is 9.42. The molecular weight excluding hydrogens is 889 g/mol. The summed E-state index contributed by atoms with van der Waals surface area (Å²) in [6.45, 7) is 0. The minimum Gasteiger partial charge on any atom is -0.192 e. The Kier molecular flexibility index (Phi) is 12.9. The van der Waals surface area contributed by atoms with E-state index in [0.717, 1.165) is 9.75 Å². The fourth-order valence-corrected chi connectivity index (χ4v) is 12.5.